The van der Waals surface area contributed by atoms with Crippen molar-refractivity contribution in [3.63, 3.8) is 0 Å². The van der Waals surface area contributed by atoms with E-state index in [0.29, 0.717) is 26.2 Å². The van der Waals surface area contributed by atoms with Crippen molar-refractivity contribution in [2.75, 3.05) is 26.2 Å². The number of amides is 1. The van der Waals surface area contributed by atoms with E-state index in [2.05, 4.69) is 0 Å². The predicted octanol–water partition coefficient (Wildman–Crippen LogP) is 2.00. The second-order valence-electron chi connectivity index (χ2n) is 6.68. The van der Waals surface area contributed by atoms with Crippen LogP contribution in [0, 0.1) is 5.41 Å². The van der Waals surface area contributed by atoms with E-state index in [4.69, 9.17) is 4.74 Å². The van der Waals surface area contributed by atoms with Crippen LogP contribution in [0.5, 0.6) is 0 Å². The van der Waals surface area contributed by atoms with Gasteiger partial charge in [-0.2, -0.15) is 4.31 Å². The van der Waals surface area contributed by atoms with E-state index in [1.807, 2.05) is 20.8 Å². The molecule has 1 amide bonds. The zero-order valence-electron chi connectivity index (χ0n) is 12.1. The second-order valence-corrected chi connectivity index (χ2v) is 11.4. The number of rotatable bonds is 1. The first kappa shape index (κ1) is 16.3. The smallest absolute Gasteiger partial charge is 0.410 e. The molecule has 2 aliphatic heterocycles. The largest absolute Gasteiger partial charge is 0.444 e. The van der Waals surface area contributed by atoms with Crippen molar-refractivity contribution in [3.05, 3.63) is 0 Å². The summed E-state index contributed by atoms with van der Waals surface area (Å²) >= 11 is 1.48. The van der Waals surface area contributed by atoms with Gasteiger partial charge in [-0.15, -0.1) is 0 Å². The Kier molecular flexibility index (Phi) is 4.29. The second kappa shape index (κ2) is 5.28. The highest BCUT2D eigenvalue weighted by Gasteiger charge is 2.49. The Morgan fingerprint density at radius 3 is 2.10 bits per heavy atom. The molecule has 2 rings (SSSR count). The van der Waals surface area contributed by atoms with Gasteiger partial charge in [-0.1, -0.05) is 0 Å². The van der Waals surface area contributed by atoms with Crippen LogP contribution in [0.15, 0.2) is 0 Å². The maximum absolute atomic E-state index is 12.0. The molecule has 0 unspecified atom stereocenters. The monoisotopic (exact) mass is 416 g/mol. The van der Waals surface area contributed by atoms with Gasteiger partial charge in [0.25, 0.3) is 7.19 Å². The molecule has 1 spiro atoms. The van der Waals surface area contributed by atoms with Crippen molar-refractivity contribution < 1.29 is 17.9 Å². The van der Waals surface area contributed by atoms with Gasteiger partial charge in [-0.05, 0) is 33.6 Å². The zero-order chi connectivity index (χ0) is 15.2. The van der Waals surface area contributed by atoms with Crippen LogP contribution in [0.1, 0.15) is 33.6 Å². The first-order chi connectivity index (χ1) is 9.01. The van der Waals surface area contributed by atoms with Crippen molar-refractivity contribution in [1.29, 1.82) is 0 Å². The summed E-state index contributed by atoms with van der Waals surface area (Å²) < 4.78 is 29.6. The highest BCUT2D eigenvalue weighted by atomic mass is 127. The Bertz CT molecular complexity index is 484. The van der Waals surface area contributed by atoms with Crippen molar-refractivity contribution in [2.45, 2.75) is 39.2 Å². The lowest BCUT2D eigenvalue weighted by Gasteiger charge is -2.52. The van der Waals surface area contributed by atoms with Crippen molar-refractivity contribution in [3.8, 4) is 0 Å². The molecule has 2 heterocycles. The third-order valence-corrected chi connectivity index (χ3v) is 6.35. The maximum atomic E-state index is 12.0. The van der Waals surface area contributed by atoms with Gasteiger partial charge >= 0.3 is 6.09 Å². The molecule has 0 saturated carbocycles. The van der Waals surface area contributed by atoms with Gasteiger partial charge in [0.05, 0.1) is 21.2 Å². The number of ether oxygens (including phenoxy) is 1. The highest BCUT2D eigenvalue weighted by Crippen LogP contribution is 2.42. The molecule has 116 valence electrons. The summed E-state index contributed by atoms with van der Waals surface area (Å²) in [4.78, 5) is 13.7. The van der Waals surface area contributed by atoms with E-state index < -0.39 is 12.8 Å². The average molecular weight is 416 g/mol. The molecule has 0 bridgehead atoms. The Balaban J connectivity index is 1.84. The molecule has 0 aromatic rings. The third kappa shape index (κ3) is 3.76. The molecule has 2 saturated heterocycles. The molecular formula is C12H21IN2O4S. The summed E-state index contributed by atoms with van der Waals surface area (Å²) in [6.07, 6.45) is 1.41. The fraction of sp³-hybridized carbons (Fsp3) is 0.917. The lowest BCUT2D eigenvalue weighted by atomic mass is 9.73. The molecule has 0 aliphatic carbocycles. The Morgan fingerprint density at radius 1 is 1.20 bits per heavy atom. The van der Waals surface area contributed by atoms with Crippen molar-refractivity contribution in [1.82, 2.24) is 9.21 Å². The SMILES string of the molecule is CC(C)(C)OC(=O)N1CCC2(CC1)CN(S(=O)(=O)I)C2. The van der Waals surface area contributed by atoms with Gasteiger partial charge in [-0.25, -0.2) is 13.2 Å². The topological polar surface area (TPSA) is 66.9 Å². The van der Waals surface area contributed by atoms with Gasteiger partial charge in [0.15, 0.2) is 0 Å². The van der Waals surface area contributed by atoms with Crippen LogP contribution in [0.4, 0.5) is 4.79 Å². The Morgan fingerprint density at radius 2 is 1.70 bits per heavy atom. The van der Waals surface area contributed by atoms with Crippen LogP contribution >= 0.6 is 21.2 Å². The lowest BCUT2D eigenvalue weighted by molar-refractivity contribution is -0.0180. The van der Waals surface area contributed by atoms with E-state index >= 15 is 0 Å². The van der Waals surface area contributed by atoms with Crippen LogP contribution in [-0.2, 0) is 11.9 Å². The Labute approximate surface area is 132 Å². The predicted molar refractivity (Wildman–Crippen MR) is 84.0 cm³/mol. The van der Waals surface area contributed by atoms with E-state index in [1.165, 1.54) is 25.5 Å². The molecular weight excluding hydrogens is 395 g/mol. The normalized spacial score (nSPS) is 23.5. The molecule has 2 aliphatic rings. The first-order valence-electron chi connectivity index (χ1n) is 6.69. The summed E-state index contributed by atoms with van der Waals surface area (Å²) in [5.74, 6) is 0. The number of piperidine rings is 1. The van der Waals surface area contributed by atoms with Gasteiger partial charge in [0.2, 0.25) is 0 Å². The van der Waals surface area contributed by atoms with Gasteiger partial charge in [0.1, 0.15) is 5.60 Å². The molecule has 8 heteroatoms. The van der Waals surface area contributed by atoms with E-state index in [9.17, 15) is 13.2 Å². The van der Waals surface area contributed by atoms with E-state index in [1.54, 1.807) is 4.90 Å². The van der Waals surface area contributed by atoms with Crippen molar-refractivity contribution >= 4 is 34.5 Å². The number of hydrogen-bond acceptors (Lipinski definition) is 4. The van der Waals surface area contributed by atoms with E-state index in [-0.39, 0.29) is 11.5 Å². The summed E-state index contributed by atoms with van der Waals surface area (Å²) in [5, 5.41) is 0. The Hall–Kier alpha value is -0.0900. The van der Waals surface area contributed by atoms with Crippen LogP contribution in [-0.4, -0.2) is 55.5 Å². The molecule has 0 aromatic carbocycles. The summed E-state index contributed by atoms with van der Waals surface area (Å²) in [7, 11) is -3.10. The van der Waals surface area contributed by atoms with Crippen LogP contribution < -0.4 is 0 Å². The molecule has 0 aromatic heterocycles. The standard InChI is InChI=1S/C12H21IN2O4S/c1-11(2,3)19-10(16)14-6-4-12(5-7-14)8-15(9-12)20(13,17)18/h4-9H2,1-3H3. The summed E-state index contributed by atoms with van der Waals surface area (Å²) in [6.45, 7) is 8.01. The fourth-order valence-corrected chi connectivity index (χ4v) is 4.35. The van der Waals surface area contributed by atoms with Gasteiger partial charge in [-0.3, -0.25) is 0 Å². The first-order valence-corrected chi connectivity index (χ1v) is 10.7. The van der Waals surface area contributed by atoms with E-state index in [0.717, 1.165) is 12.8 Å². The molecule has 0 radical (unpaired) electrons. The number of hydrogen-bond donors (Lipinski definition) is 0. The zero-order valence-corrected chi connectivity index (χ0v) is 15.0. The maximum Gasteiger partial charge on any atom is 0.410 e. The number of likely N-dealkylation sites (tertiary alicyclic amines) is 1. The molecule has 6 nitrogen and oxygen atoms in total. The summed E-state index contributed by atoms with van der Waals surface area (Å²) in [5.41, 5.74) is -0.411. The number of nitrogens with zero attached hydrogens (tertiary/aromatic N) is 2. The highest BCUT2D eigenvalue weighted by molar-refractivity contribution is 14.2. The average Bonchev–Trinajstić information content (AvgIpc) is 2.22. The van der Waals surface area contributed by atoms with Gasteiger partial charge < -0.3 is 9.64 Å². The third-order valence-electron chi connectivity index (χ3n) is 3.81. The van der Waals surface area contributed by atoms with Gasteiger partial charge in [0, 0.05) is 31.6 Å². The minimum Gasteiger partial charge on any atom is -0.444 e. The summed E-state index contributed by atoms with van der Waals surface area (Å²) in [6, 6.07) is 0. The molecule has 2 fully saturated rings. The molecule has 0 N–H and O–H groups in total. The number of halogens is 1. The number of carbonyl (C=O) groups is 1. The fourth-order valence-electron chi connectivity index (χ4n) is 2.66. The molecule has 0 atom stereocenters. The molecule has 20 heavy (non-hydrogen) atoms. The van der Waals surface area contributed by atoms with Crippen molar-refractivity contribution in [2.24, 2.45) is 5.41 Å². The minimum absolute atomic E-state index is 0.0662. The van der Waals surface area contributed by atoms with Crippen LogP contribution in [0.25, 0.3) is 0 Å². The minimum atomic E-state index is -3.10. The van der Waals surface area contributed by atoms with Crippen LogP contribution in [0.2, 0.25) is 0 Å². The number of carbonyl (C=O) groups excluding carboxylic acids is 1. The lowest BCUT2D eigenvalue weighted by Crippen LogP contribution is -2.61. The quantitative estimate of drug-likeness (QED) is 0.485. The van der Waals surface area contributed by atoms with Crippen LogP contribution in [0.3, 0.4) is 0 Å².